The van der Waals surface area contributed by atoms with Crippen LogP contribution in [0.25, 0.3) is 0 Å². The highest BCUT2D eigenvalue weighted by molar-refractivity contribution is 5.09. The van der Waals surface area contributed by atoms with Crippen LogP contribution in [0.4, 0.5) is 0 Å². The van der Waals surface area contributed by atoms with Gasteiger partial charge >= 0.3 is 0 Å². The first-order valence-electron chi connectivity index (χ1n) is 6.89. The van der Waals surface area contributed by atoms with E-state index < -0.39 is 0 Å². The van der Waals surface area contributed by atoms with Crippen molar-refractivity contribution in [2.75, 3.05) is 26.7 Å². The molecule has 2 heterocycles. The molecule has 100 valence electrons. The maximum Gasteiger partial charge on any atom is 0.0544 e. The van der Waals surface area contributed by atoms with E-state index in [0.29, 0.717) is 5.41 Å². The van der Waals surface area contributed by atoms with E-state index >= 15 is 0 Å². The molecule has 1 aromatic rings. The summed E-state index contributed by atoms with van der Waals surface area (Å²) in [5.41, 5.74) is 2.70. The summed E-state index contributed by atoms with van der Waals surface area (Å²) in [5, 5.41) is 3.57. The van der Waals surface area contributed by atoms with Crippen molar-refractivity contribution in [1.82, 2.24) is 15.2 Å². The predicted octanol–water partition coefficient (Wildman–Crippen LogP) is 2.21. The SMILES string of the molecule is Cc1cccc(CNCC2(C)CCN(C)CC2)n1. The number of aromatic nitrogens is 1. The Hall–Kier alpha value is -0.930. The summed E-state index contributed by atoms with van der Waals surface area (Å²) in [6.07, 6.45) is 2.58. The van der Waals surface area contributed by atoms with Gasteiger partial charge in [-0.25, -0.2) is 0 Å². The first kappa shape index (κ1) is 13.5. The third kappa shape index (κ3) is 3.79. The second-order valence-corrected chi connectivity index (χ2v) is 5.99. The van der Waals surface area contributed by atoms with Crippen LogP contribution < -0.4 is 5.32 Å². The number of aryl methyl sites for hydroxylation is 1. The molecule has 0 bridgehead atoms. The first-order chi connectivity index (χ1) is 8.57. The van der Waals surface area contributed by atoms with E-state index in [-0.39, 0.29) is 0 Å². The largest absolute Gasteiger partial charge is 0.311 e. The van der Waals surface area contributed by atoms with E-state index in [1.807, 2.05) is 13.0 Å². The van der Waals surface area contributed by atoms with Gasteiger partial charge < -0.3 is 10.2 Å². The van der Waals surface area contributed by atoms with Crippen LogP contribution >= 0.6 is 0 Å². The number of hydrogen-bond acceptors (Lipinski definition) is 3. The lowest BCUT2D eigenvalue weighted by Gasteiger charge is -2.38. The normalized spacial score (nSPS) is 19.9. The zero-order chi connectivity index (χ0) is 13.0. The average molecular weight is 247 g/mol. The highest BCUT2D eigenvalue weighted by Gasteiger charge is 2.28. The fourth-order valence-electron chi connectivity index (χ4n) is 2.53. The summed E-state index contributed by atoms with van der Waals surface area (Å²) < 4.78 is 0. The quantitative estimate of drug-likeness (QED) is 0.884. The lowest BCUT2D eigenvalue weighted by molar-refractivity contribution is 0.136. The molecule has 1 aliphatic rings. The standard InChI is InChI=1S/C15H25N3/c1-13-5-4-6-14(17-13)11-16-12-15(2)7-9-18(3)10-8-15/h4-6,16H,7-12H2,1-3H3. The number of pyridine rings is 1. The van der Waals surface area contributed by atoms with Crippen LogP contribution in [0.15, 0.2) is 18.2 Å². The van der Waals surface area contributed by atoms with Gasteiger partial charge in [-0.1, -0.05) is 13.0 Å². The molecule has 0 aromatic carbocycles. The number of piperidine rings is 1. The predicted molar refractivity (Wildman–Crippen MR) is 75.5 cm³/mol. The molecule has 0 atom stereocenters. The van der Waals surface area contributed by atoms with Crippen LogP contribution in [0.5, 0.6) is 0 Å². The van der Waals surface area contributed by atoms with E-state index in [9.17, 15) is 0 Å². The molecule has 3 heteroatoms. The highest BCUT2D eigenvalue weighted by atomic mass is 15.1. The number of likely N-dealkylation sites (tertiary alicyclic amines) is 1. The van der Waals surface area contributed by atoms with Crippen LogP contribution in [0.1, 0.15) is 31.2 Å². The smallest absolute Gasteiger partial charge is 0.0544 e. The molecular weight excluding hydrogens is 222 g/mol. The number of hydrogen-bond donors (Lipinski definition) is 1. The van der Waals surface area contributed by atoms with Crippen LogP contribution in [0, 0.1) is 12.3 Å². The maximum absolute atomic E-state index is 4.52. The third-order valence-corrected chi connectivity index (χ3v) is 4.00. The highest BCUT2D eigenvalue weighted by Crippen LogP contribution is 2.29. The van der Waals surface area contributed by atoms with E-state index in [1.165, 1.54) is 25.9 Å². The first-order valence-corrected chi connectivity index (χ1v) is 6.89. The Morgan fingerprint density at radius 3 is 2.72 bits per heavy atom. The van der Waals surface area contributed by atoms with Gasteiger partial charge in [-0.15, -0.1) is 0 Å². The van der Waals surface area contributed by atoms with Crippen molar-refractivity contribution in [1.29, 1.82) is 0 Å². The molecule has 0 unspecified atom stereocenters. The van der Waals surface area contributed by atoms with Crippen LogP contribution in [0.3, 0.4) is 0 Å². The van der Waals surface area contributed by atoms with Crippen molar-refractivity contribution in [2.45, 2.75) is 33.2 Å². The minimum absolute atomic E-state index is 0.455. The lowest BCUT2D eigenvalue weighted by atomic mass is 9.80. The second-order valence-electron chi connectivity index (χ2n) is 5.99. The second kappa shape index (κ2) is 5.81. The molecule has 0 spiro atoms. The van der Waals surface area contributed by atoms with Gasteiger partial charge in [-0.3, -0.25) is 4.98 Å². The van der Waals surface area contributed by atoms with E-state index in [1.54, 1.807) is 0 Å². The Bertz CT molecular complexity index is 381. The number of nitrogens with one attached hydrogen (secondary N) is 1. The van der Waals surface area contributed by atoms with Gasteiger partial charge in [0, 0.05) is 18.8 Å². The van der Waals surface area contributed by atoms with Crippen LogP contribution in [0.2, 0.25) is 0 Å². The van der Waals surface area contributed by atoms with E-state index in [4.69, 9.17) is 0 Å². The maximum atomic E-state index is 4.52. The zero-order valence-corrected chi connectivity index (χ0v) is 11.9. The van der Waals surface area contributed by atoms with E-state index in [2.05, 4.69) is 41.3 Å². The summed E-state index contributed by atoms with van der Waals surface area (Å²) in [6, 6.07) is 6.22. The minimum Gasteiger partial charge on any atom is -0.311 e. The average Bonchev–Trinajstić information content (AvgIpc) is 2.34. The Morgan fingerprint density at radius 1 is 1.33 bits per heavy atom. The third-order valence-electron chi connectivity index (χ3n) is 4.00. The summed E-state index contributed by atoms with van der Waals surface area (Å²) in [5.74, 6) is 0. The molecule has 1 aromatic heterocycles. The fraction of sp³-hybridized carbons (Fsp3) is 0.667. The molecule has 1 aliphatic heterocycles. The molecule has 1 fully saturated rings. The van der Waals surface area contributed by atoms with Gasteiger partial charge in [0.15, 0.2) is 0 Å². The summed E-state index contributed by atoms with van der Waals surface area (Å²) in [7, 11) is 2.21. The fourth-order valence-corrected chi connectivity index (χ4v) is 2.53. The van der Waals surface area contributed by atoms with Crippen molar-refractivity contribution in [2.24, 2.45) is 5.41 Å². The molecule has 2 rings (SSSR count). The molecule has 0 aliphatic carbocycles. The van der Waals surface area contributed by atoms with Crippen LogP contribution in [-0.2, 0) is 6.54 Å². The zero-order valence-electron chi connectivity index (χ0n) is 11.9. The molecule has 1 N–H and O–H groups in total. The molecule has 0 amide bonds. The van der Waals surface area contributed by atoms with Crippen molar-refractivity contribution < 1.29 is 0 Å². The Kier molecular flexibility index (Phi) is 4.36. The molecule has 0 saturated carbocycles. The van der Waals surface area contributed by atoms with Gasteiger partial charge in [-0.05, 0) is 57.5 Å². The molecule has 1 saturated heterocycles. The summed E-state index contributed by atoms with van der Waals surface area (Å²) in [4.78, 5) is 6.94. The van der Waals surface area contributed by atoms with Gasteiger partial charge in [0.1, 0.15) is 0 Å². The Labute approximate surface area is 111 Å². The number of nitrogens with zero attached hydrogens (tertiary/aromatic N) is 2. The molecule has 3 nitrogen and oxygen atoms in total. The molecule has 0 radical (unpaired) electrons. The van der Waals surface area contributed by atoms with Gasteiger partial charge in [-0.2, -0.15) is 0 Å². The molecular formula is C15H25N3. The van der Waals surface area contributed by atoms with Crippen molar-refractivity contribution in [3.63, 3.8) is 0 Å². The topological polar surface area (TPSA) is 28.2 Å². The summed E-state index contributed by atoms with van der Waals surface area (Å²) >= 11 is 0. The van der Waals surface area contributed by atoms with Gasteiger partial charge in [0.05, 0.1) is 5.69 Å². The van der Waals surface area contributed by atoms with Gasteiger partial charge in [0.25, 0.3) is 0 Å². The monoisotopic (exact) mass is 247 g/mol. The Morgan fingerprint density at radius 2 is 2.06 bits per heavy atom. The van der Waals surface area contributed by atoms with Crippen molar-refractivity contribution in [3.05, 3.63) is 29.6 Å². The lowest BCUT2D eigenvalue weighted by Crippen LogP contribution is -2.41. The van der Waals surface area contributed by atoms with Crippen molar-refractivity contribution in [3.8, 4) is 0 Å². The van der Waals surface area contributed by atoms with Gasteiger partial charge in [0.2, 0.25) is 0 Å². The summed E-state index contributed by atoms with van der Waals surface area (Å²) in [6.45, 7) is 8.86. The van der Waals surface area contributed by atoms with Crippen molar-refractivity contribution >= 4 is 0 Å². The van der Waals surface area contributed by atoms with E-state index in [0.717, 1.165) is 24.5 Å². The minimum atomic E-state index is 0.455. The number of rotatable bonds is 4. The van der Waals surface area contributed by atoms with Crippen LogP contribution in [-0.4, -0.2) is 36.6 Å². The molecule has 18 heavy (non-hydrogen) atoms. The Balaban J connectivity index is 1.78.